The Morgan fingerprint density at radius 1 is 1.12 bits per heavy atom. The Morgan fingerprint density at radius 3 is 2.50 bits per heavy atom. The van der Waals surface area contributed by atoms with Gasteiger partial charge in [0.05, 0.1) is 5.56 Å². The Balaban J connectivity index is 1.60. The summed E-state index contributed by atoms with van der Waals surface area (Å²) in [5.74, 6) is -0.361. The van der Waals surface area contributed by atoms with Gasteiger partial charge in [-0.05, 0) is 55.2 Å². The maximum atomic E-state index is 13.5. The molecule has 0 aliphatic carbocycles. The van der Waals surface area contributed by atoms with Crippen LogP contribution in [0.2, 0.25) is 0 Å². The molecule has 1 fully saturated rings. The van der Waals surface area contributed by atoms with Crippen molar-refractivity contribution in [2.24, 2.45) is 0 Å². The van der Waals surface area contributed by atoms with E-state index in [1.54, 1.807) is 12.1 Å². The molecule has 1 aromatic heterocycles. The standard InChI is InChI=1S/C23H26F4N4O/c1-2-3-4-11-28-22(32)20-7-8-21(30-29-20)31-12-9-16(10-13-31)14-17-15-18(24)5-6-19(17)23(25,26)27/h5-8,14-15H,2-4,9-13H2,1H3,(H,28,32). The quantitative estimate of drug-likeness (QED) is 0.463. The number of nitrogens with one attached hydrogen (secondary N) is 1. The number of alkyl halides is 3. The highest BCUT2D eigenvalue weighted by Crippen LogP contribution is 2.34. The van der Waals surface area contributed by atoms with Crippen LogP contribution in [-0.4, -0.2) is 35.7 Å². The first kappa shape index (κ1) is 23.7. The predicted molar refractivity (Wildman–Crippen MR) is 115 cm³/mol. The molecule has 0 bridgehead atoms. The van der Waals surface area contributed by atoms with Crippen LogP contribution in [0.1, 0.15) is 60.6 Å². The summed E-state index contributed by atoms with van der Waals surface area (Å²) in [6.07, 6.45) is 0.971. The number of carbonyl (C=O) groups is 1. The van der Waals surface area contributed by atoms with E-state index in [1.807, 2.05) is 4.90 Å². The molecule has 0 radical (unpaired) electrons. The normalized spacial score (nSPS) is 14.4. The van der Waals surface area contributed by atoms with Crippen molar-refractivity contribution in [1.82, 2.24) is 15.5 Å². The third-order valence-corrected chi connectivity index (χ3v) is 5.36. The Bertz CT molecular complexity index is 947. The van der Waals surface area contributed by atoms with E-state index < -0.39 is 17.6 Å². The van der Waals surface area contributed by atoms with Crippen LogP contribution in [0.3, 0.4) is 0 Å². The fourth-order valence-corrected chi connectivity index (χ4v) is 3.58. The molecule has 0 atom stereocenters. The fraction of sp³-hybridized carbons (Fsp3) is 0.435. The molecule has 1 aliphatic rings. The van der Waals surface area contributed by atoms with Gasteiger partial charge in [-0.25, -0.2) is 4.39 Å². The van der Waals surface area contributed by atoms with Crippen molar-refractivity contribution in [3.8, 4) is 0 Å². The van der Waals surface area contributed by atoms with Crippen molar-refractivity contribution in [2.75, 3.05) is 24.5 Å². The number of halogens is 4. The molecule has 9 heteroatoms. The molecular weight excluding hydrogens is 424 g/mol. The van der Waals surface area contributed by atoms with Gasteiger partial charge in [0.2, 0.25) is 0 Å². The second kappa shape index (κ2) is 10.6. The third-order valence-electron chi connectivity index (χ3n) is 5.36. The van der Waals surface area contributed by atoms with Crippen LogP contribution in [0, 0.1) is 5.82 Å². The summed E-state index contributed by atoms with van der Waals surface area (Å²) in [4.78, 5) is 14.1. The second-order valence-electron chi connectivity index (χ2n) is 7.76. The molecule has 5 nitrogen and oxygen atoms in total. The number of rotatable bonds is 7. The van der Waals surface area contributed by atoms with Crippen molar-refractivity contribution in [3.05, 3.63) is 58.5 Å². The summed E-state index contributed by atoms with van der Waals surface area (Å²) in [5.41, 5.74) is 0.0558. The molecule has 32 heavy (non-hydrogen) atoms. The number of carbonyl (C=O) groups excluding carboxylic acids is 1. The van der Waals surface area contributed by atoms with Gasteiger partial charge < -0.3 is 10.2 Å². The molecule has 2 heterocycles. The molecular formula is C23H26F4N4O. The average molecular weight is 450 g/mol. The summed E-state index contributed by atoms with van der Waals surface area (Å²) < 4.78 is 53.1. The lowest BCUT2D eigenvalue weighted by atomic mass is 9.98. The van der Waals surface area contributed by atoms with Crippen LogP contribution < -0.4 is 10.2 Å². The maximum Gasteiger partial charge on any atom is 0.416 e. The van der Waals surface area contributed by atoms with Gasteiger partial charge in [-0.1, -0.05) is 31.4 Å². The predicted octanol–water partition coefficient (Wildman–Crippen LogP) is 5.24. The number of benzene rings is 1. The minimum absolute atomic E-state index is 0.157. The molecule has 1 N–H and O–H groups in total. The van der Waals surface area contributed by atoms with E-state index in [-0.39, 0.29) is 17.2 Å². The molecule has 0 spiro atoms. The number of unbranched alkanes of at least 4 members (excludes halogenated alkanes) is 2. The third kappa shape index (κ3) is 6.27. The van der Waals surface area contributed by atoms with Crippen molar-refractivity contribution in [2.45, 2.75) is 45.2 Å². The molecule has 1 aliphatic heterocycles. The summed E-state index contributed by atoms with van der Waals surface area (Å²) in [6.45, 7) is 3.77. The molecule has 1 aromatic carbocycles. The van der Waals surface area contributed by atoms with E-state index in [0.717, 1.165) is 43.0 Å². The van der Waals surface area contributed by atoms with E-state index in [4.69, 9.17) is 0 Å². The Kier molecular flexibility index (Phi) is 7.82. The van der Waals surface area contributed by atoms with Gasteiger partial charge in [-0.3, -0.25) is 4.79 Å². The van der Waals surface area contributed by atoms with Gasteiger partial charge in [0.1, 0.15) is 5.82 Å². The molecule has 2 aromatic rings. The molecule has 0 saturated carbocycles. The second-order valence-corrected chi connectivity index (χ2v) is 7.76. The maximum absolute atomic E-state index is 13.5. The highest BCUT2D eigenvalue weighted by Gasteiger charge is 2.33. The molecule has 1 amide bonds. The van der Waals surface area contributed by atoms with E-state index in [2.05, 4.69) is 22.4 Å². The number of nitrogens with zero attached hydrogens (tertiary/aromatic N) is 3. The average Bonchev–Trinajstić information content (AvgIpc) is 2.76. The zero-order valence-corrected chi connectivity index (χ0v) is 17.9. The Labute approximate surface area is 184 Å². The van der Waals surface area contributed by atoms with E-state index >= 15 is 0 Å². The molecule has 0 unspecified atom stereocenters. The van der Waals surface area contributed by atoms with Gasteiger partial charge in [-0.15, -0.1) is 10.2 Å². The Hall–Kier alpha value is -2.97. The number of hydrogen-bond donors (Lipinski definition) is 1. The van der Waals surface area contributed by atoms with Gasteiger partial charge >= 0.3 is 6.18 Å². The van der Waals surface area contributed by atoms with Crippen molar-refractivity contribution < 1.29 is 22.4 Å². The van der Waals surface area contributed by atoms with Crippen LogP contribution in [-0.2, 0) is 6.18 Å². The SMILES string of the molecule is CCCCCNC(=O)c1ccc(N2CCC(=Cc3cc(F)ccc3C(F)(F)F)CC2)nn1. The zero-order valence-electron chi connectivity index (χ0n) is 17.9. The monoisotopic (exact) mass is 450 g/mol. The van der Waals surface area contributed by atoms with Gasteiger partial charge in [0, 0.05) is 19.6 Å². The van der Waals surface area contributed by atoms with Crippen LogP contribution in [0.15, 0.2) is 35.9 Å². The first-order valence-electron chi connectivity index (χ1n) is 10.7. The van der Waals surface area contributed by atoms with Gasteiger partial charge in [-0.2, -0.15) is 13.2 Å². The first-order valence-corrected chi connectivity index (χ1v) is 10.7. The van der Waals surface area contributed by atoms with E-state index in [1.165, 1.54) is 6.08 Å². The van der Waals surface area contributed by atoms with E-state index in [0.29, 0.717) is 38.3 Å². The van der Waals surface area contributed by atoms with Crippen LogP contribution in [0.4, 0.5) is 23.4 Å². The number of amides is 1. The van der Waals surface area contributed by atoms with Crippen molar-refractivity contribution >= 4 is 17.8 Å². The lowest BCUT2D eigenvalue weighted by Gasteiger charge is -2.29. The summed E-state index contributed by atoms with van der Waals surface area (Å²) in [5, 5.41) is 10.9. The van der Waals surface area contributed by atoms with Gasteiger partial charge in [0.25, 0.3) is 5.91 Å². The highest BCUT2D eigenvalue weighted by molar-refractivity contribution is 5.92. The molecule has 3 rings (SSSR count). The topological polar surface area (TPSA) is 58.1 Å². The summed E-state index contributed by atoms with van der Waals surface area (Å²) in [6, 6.07) is 5.84. The van der Waals surface area contributed by atoms with E-state index in [9.17, 15) is 22.4 Å². The lowest BCUT2D eigenvalue weighted by Crippen LogP contribution is -2.32. The number of aromatic nitrogens is 2. The summed E-state index contributed by atoms with van der Waals surface area (Å²) in [7, 11) is 0. The zero-order chi connectivity index (χ0) is 23.1. The largest absolute Gasteiger partial charge is 0.416 e. The van der Waals surface area contributed by atoms with Crippen LogP contribution >= 0.6 is 0 Å². The van der Waals surface area contributed by atoms with Gasteiger partial charge in [0.15, 0.2) is 11.5 Å². The minimum Gasteiger partial charge on any atom is -0.354 e. The lowest BCUT2D eigenvalue weighted by molar-refractivity contribution is -0.137. The van der Waals surface area contributed by atoms with Crippen LogP contribution in [0.25, 0.3) is 6.08 Å². The highest BCUT2D eigenvalue weighted by atomic mass is 19.4. The smallest absolute Gasteiger partial charge is 0.354 e. The number of hydrogen-bond acceptors (Lipinski definition) is 4. The van der Waals surface area contributed by atoms with Crippen molar-refractivity contribution in [3.63, 3.8) is 0 Å². The molecule has 172 valence electrons. The van der Waals surface area contributed by atoms with Crippen molar-refractivity contribution in [1.29, 1.82) is 0 Å². The first-order chi connectivity index (χ1) is 15.3. The van der Waals surface area contributed by atoms with Crippen LogP contribution in [0.5, 0.6) is 0 Å². The fourth-order valence-electron chi connectivity index (χ4n) is 3.58. The Morgan fingerprint density at radius 2 is 1.88 bits per heavy atom. The number of piperidine rings is 1. The minimum atomic E-state index is -4.54. The number of anilines is 1. The molecule has 1 saturated heterocycles. The summed E-state index contributed by atoms with van der Waals surface area (Å²) >= 11 is 0.